The van der Waals surface area contributed by atoms with Crippen molar-refractivity contribution in [2.24, 2.45) is 0 Å². The number of sulfonamides is 1. The molecule has 0 radical (unpaired) electrons. The molecule has 122 valence electrons. The first kappa shape index (κ1) is 16.8. The molecule has 6 nitrogen and oxygen atoms in total. The van der Waals surface area contributed by atoms with E-state index in [0.29, 0.717) is 18.6 Å². The lowest BCUT2D eigenvalue weighted by molar-refractivity contribution is 0.395. The van der Waals surface area contributed by atoms with Crippen molar-refractivity contribution in [3.63, 3.8) is 0 Å². The van der Waals surface area contributed by atoms with E-state index < -0.39 is 15.8 Å². The van der Waals surface area contributed by atoms with Gasteiger partial charge in [-0.2, -0.15) is 4.31 Å². The van der Waals surface area contributed by atoms with E-state index in [9.17, 15) is 13.2 Å². The molecule has 0 unspecified atom stereocenters. The summed E-state index contributed by atoms with van der Waals surface area (Å²) in [5.74, 6) is -0.585. The van der Waals surface area contributed by atoms with E-state index in [-0.39, 0.29) is 10.5 Å². The SMILES string of the molecule is CCCCN(CCCC)S(=O)(=O)c1ccc2[nH]c(=O)oc2c1. The highest BCUT2D eigenvalue weighted by molar-refractivity contribution is 7.89. The Morgan fingerprint density at radius 1 is 1.14 bits per heavy atom. The molecule has 1 heterocycles. The summed E-state index contributed by atoms with van der Waals surface area (Å²) in [5, 5.41) is 0. The molecule has 22 heavy (non-hydrogen) atoms. The quantitative estimate of drug-likeness (QED) is 0.808. The minimum absolute atomic E-state index is 0.162. The summed E-state index contributed by atoms with van der Waals surface area (Å²) >= 11 is 0. The highest BCUT2D eigenvalue weighted by Gasteiger charge is 2.24. The normalized spacial score (nSPS) is 12.3. The molecule has 0 bridgehead atoms. The number of fused-ring (bicyclic) bond motifs is 1. The fourth-order valence-corrected chi connectivity index (χ4v) is 3.79. The van der Waals surface area contributed by atoms with E-state index in [0.717, 1.165) is 25.7 Å². The van der Waals surface area contributed by atoms with Crippen molar-refractivity contribution in [1.82, 2.24) is 9.29 Å². The molecule has 0 fully saturated rings. The number of oxazole rings is 1. The fourth-order valence-electron chi connectivity index (χ4n) is 2.26. The topological polar surface area (TPSA) is 83.4 Å². The zero-order valence-electron chi connectivity index (χ0n) is 13.0. The molecule has 2 aromatic rings. The Kier molecular flexibility index (Phi) is 5.42. The third-order valence-corrected chi connectivity index (χ3v) is 5.45. The summed E-state index contributed by atoms with van der Waals surface area (Å²) in [6.07, 6.45) is 3.52. The van der Waals surface area contributed by atoms with Gasteiger partial charge in [0, 0.05) is 19.2 Å². The highest BCUT2D eigenvalue weighted by atomic mass is 32.2. The van der Waals surface area contributed by atoms with Gasteiger partial charge in [-0.05, 0) is 25.0 Å². The molecular formula is C15H22N2O4S. The van der Waals surface area contributed by atoms with Gasteiger partial charge in [-0.3, -0.25) is 4.98 Å². The first-order valence-corrected chi connectivity index (χ1v) is 9.06. The van der Waals surface area contributed by atoms with Crippen molar-refractivity contribution in [1.29, 1.82) is 0 Å². The van der Waals surface area contributed by atoms with Gasteiger partial charge in [-0.15, -0.1) is 0 Å². The zero-order valence-corrected chi connectivity index (χ0v) is 13.8. The number of aromatic amines is 1. The smallest absolute Gasteiger partial charge is 0.408 e. The Morgan fingerprint density at radius 3 is 2.36 bits per heavy atom. The van der Waals surface area contributed by atoms with Gasteiger partial charge in [0.25, 0.3) is 0 Å². The number of unbranched alkanes of at least 4 members (excludes halogenated alkanes) is 2. The van der Waals surface area contributed by atoms with Crippen LogP contribution in [-0.4, -0.2) is 30.8 Å². The van der Waals surface area contributed by atoms with Gasteiger partial charge in [0.1, 0.15) is 0 Å². The summed E-state index contributed by atoms with van der Waals surface area (Å²) < 4.78 is 32.1. The minimum atomic E-state index is -3.57. The van der Waals surface area contributed by atoms with Gasteiger partial charge >= 0.3 is 5.76 Å². The second kappa shape index (κ2) is 7.11. The van der Waals surface area contributed by atoms with E-state index in [4.69, 9.17) is 4.42 Å². The third-order valence-electron chi connectivity index (χ3n) is 3.55. The van der Waals surface area contributed by atoms with Crippen molar-refractivity contribution in [3.05, 3.63) is 28.7 Å². The second-order valence-corrected chi connectivity index (χ2v) is 7.22. The Labute approximate surface area is 130 Å². The lowest BCUT2D eigenvalue weighted by Gasteiger charge is -2.21. The average molecular weight is 326 g/mol. The van der Waals surface area contributed by atoms with Crippen LogP contribution in [0.2, 0.25) is 0 Å². The van der Waals surface area contributed by atoms with Crippen LogP contribution < -0.4 is 5.76 Å². The molecule has 1 aromatic heterocycles. The van der Waals surface area contributed by atoms with Gasteiger partial charge in [0.15, 0.2) is 5.58 Å². The van der Waals surface area contributed by atoms with Crippen LogP contribution in [0.15, 0.2) is 32.3 Å². The molecule has 0 saturated heterocycles. The molecule has 0 aliphatic carbocycles. The van der Waals surface area contributed by atoms with Gasteiger partial charge in [-0.25, -0.2) is 13.2 Å². The first-order valence-electron chi connectivity index (χ1n) is 7.62. The largest absolute Gasteiger partial charge is 0.417 e. The van der Waals surface area contributed by atoms with Crippen LogP contribution in [-0.2, 0) is 10.0 Å². The summed E-state index contributed by atoms with van der Waals surface area (Å²) in [5.41, 5.74) is 0.759. The van der Waals surface area contributed by atoms with Crippen molar-refractivity contribution in [2.45, 2.75) is 44.4 Å². The van der Waals surface area contributed by atoms with E-state index in [1.54, 1.807) is 6.07 Å². The number of nitrogens with one attached hydrogen (secondary N) is 1. The summed E-state index contributed by atoms with van der Waals surface area (Å²) in [6.45, 7) is 5.08. The lowest BCUT2D eigenvalue weighted by Crippen LogP contribution is -2.33. The summed E-state index contributed by atoms with van der Waals surface area (Å²) in [4.78, 5) is 13.9. The van der Waals surface area contributed by atoms with Crippen LogP contribution in [0.3, 0.4) is 0 Å². The molecule has 7 heteroatoms. The van der Waals surface area contributed by atoms with Crippen LogP contribution in [0, 0.1) is 0 Å². The number of hydrogen-bond donors (Lipinski definition) is 1. The molecular weight excluding hydrogens is 304 g/mol. The highest BCUT2D eigenvalue weighted by Crippen LogP contribution is 2.21. The van der Waals surface area contributed by atoms with Gasteiger partial charge in [0.2, 0.25) is 10.0 Å². The maximum absolute atomic E-state index is 12.8. The standard InChI is InChI=1S/C15H22N2O4S/c1-3-5-9-17(10-6-4-2)22(19,20)12-7-8-13-14(11-12)21-15(18)16-13/h7-8,11H,3-6,9-10H2,1-2H3,(H,16,18). The number of nitrogens with zero attached hydrogens (tertiary/aromatic N) is 1. The van der Waals surface area contributed by atoms with E-state index >= 15 is 0 Å². The first-order chi connectivity index (χ1) is 10.5. The number of benzene rings is 1. The van der Waals surface area contributed by atoms with Gasteiger partial charge < -0.3 is 4.42 Å². The number of H-pyrrole nitrogens is 1. The second-order valence-electron chi connectivity index (χ2n) is 5.28. The summed E-state index contributed by atoms with van der Waals surface area (Å²) in [6, 6.07) is 4.48. The van der Waals surface area contributed by atoms with Gasteiger partial charge in [0.05, 0.1) is 10.4 Å². The van der Waals surface area contributed by atoms with Crippen LogP contribution in [0.25, 0.3) is 11.1 Å². The van der Waals surface area contributed by atoms with Crippen LogP contribution in [0.1, 0.15) is 39.5 Å². The molecule has 0 saturated carbocycles. The molecule has 1 aromatic carbocycles. The van der Waals surface area contributed by atoms with E-state index in [1.165, 1.54) is 16.4 Å². The number of aromatic nitrogens is 1. The van der Waals surface area contributed by atoms with Crippen molar-refractivity contribution in [2.75, 3.05) is 13.1 Å². The minimum Gasteiger partial charge on any atom is -0.408 e. The fraction of sp³-hybridized carbons (Fsp3) is 0.533. The zero-order chi connectivity index (χ0) is 16.2. The van der Waals surface area contributed by atoms with Crippen LogP contribution >= 0.6 is 0 Å². The van der Waals surface area contributed by atoms with Gasteiger partial charge in [-0.1, -0.05) is 26.7 Å². The van der Waals surface area contributed by atoms with E-state index in [2.05, 4.69) is 4.98 Å². The molecule has 0 amide bonds. The Bertz CT molecular complexity index is 768. The molecule has 1 N–H and O–H groups in total. The Balaban J connectivity index is 2.36. The molecule has 0 aliphatic rings. The predicted molar refractivity (Wildman–Crippen MR) is 85.4 cm³/mol. The summed E-state index contributed by atoms with van der Waals surface area (Å²) in [7, 11) is -3.57. The van der Waals surface area contributed by atoms with Crippen molar-refractivity contribution >= 4 is 21.1 Å². The Morgan fingerprint density at radius 2 is 1.77 bits per heavy atom. The van der Waals surface area contributed by atoms with Crippen molar-refractivity contribution < 1.29 is 12.8 Å². The maximum Gasteiger partial charge on any atom is 0.417 e. The monoisotopic (exact) mass is 326 g/mol. The molecule has 0 spiro atoms. The molecule has 0 aliphatic heterocycles. The predicted octanol–water partition coefficient (Wildman–Crippen LogP) is 2.71. The molecule has 0 atom stereocenters. The van der Waals surface area contributed by atoms with Crippen LogP contribution in [0.5, 0.6) is 0 Å². The average Bonchev–Trinajstić information content (AvgIpc) is 2.86. The number of rotatable bonds is 8. The maximum atomic E-state index is 12.8. The Hall–Kier alpha value is -1.60. The van der Waals surface area contributed by atoms with Crippen molar-refractivity contribution in [3.8, 4) is 0 Å². The third kappa shape index (κ3) is 3.59. The lowest BCUT2D eigenvalue weighted by atomic mass is 10.3. The van der Waals surface area contributed by atoms with Crippen LogP contribution in [0.4, 0.5) is 0 Å². The van der Waals surface area contributed by atoms with E-state index in [1.807, 2.05) is 13.8 Å². The molecule has 2 rings (SSSR count). The number of hydrogen-bond acceptors (Lipinski definition) is 4.